The largest absolute Gasteiger partial charge is 0.294 e. The third-order valence-corrected chi connectivity index (χ3v) is 7.38. The van der Waals surface area contributed by atoms with E-state index in [0.29, 0.717) is 11.3 Å². The first-order valence-electron chi connectivity index (χ1n) is 8.56. The highest BCUT2D eigenvalue weighted by Crippen LogP contribution is 2.59. The van der Waals surface area contributed by atoms with E-state index in [1.54, 1.807) is 37.3 Å². The van der Waals surface area contributed by atoms with Crippen molar-refractivity contribution in [3.8, 4) is 0 Å². The maximum Gasteiger partial charge on any atom is 0.282 e. The number of aryl methyl sites for hydroxylation is 1. The Morgan fingerprint density at radius 2 is 1.80 bits per heavy atom. The molecule has 3 aliphatic carbocycles. The van der Waals surface area contributed by atoms with Crippen LogP contribution in [0.1, 0.15) is 25.8 Å². The number of hydrogen-bond acceptors (Lipinski definition) is 3. The fraction of sp³-hybridized carbons (Fsp3) is 0.400. The SMILES string of the molecule is CC1=CC(=O)[C@]2(C)[C@H](/C1=N\S(=O)(=O)c1ccc(C)cc1)[C@@H]1C=C[C@H]2C1. The molecule has 0 unspecified atom stereocenters. The Hall–Kier alpha value is -2.01. The Kier molecular flexibility index (Phi) is 3.45. The van der Waals surface area contributed by atoms with E-state index >= 15 is 0 Å². The van der Waals surface area contributed by atoms with Crippen molar-refractivity contribution in [2.45, 2.75) is 32.1 Å². The molecular weight excluding hydrogens is 334 g/mol. The third kappa shape index (κ3) is 2.29. The van der Waals surface area contributed by atoms with Crippen molar-refractivity contribution in [2.75, 3.05) is 0 Å². The summed E-state index contributed by atoms with van der Waals surface area (Å²) in [7, 11) is -3.80. The number of allylic oxidation sites excluding steroid dienone is 4. The van der Waals surface area contributed by atoms with E-state index in [2.05, 4.69) is 16.5 Å². The number of benzene rings is 1. The van der Waals surface area contributed by atoms with E-state index in [9.17, 15) is 13.2 Å². The number of nitrogens with zero attached hydrogens (tertiary/aromatic N) is 1. The second-order valence-corrected chi connectivity index (χ2v) is 9.21. The van der Waals surface area contributed by atoms with Crippen molar-refractivity contribution in [1.29, 1.82) is 0 Å². The average molecular weight is 355 g/mol. The van der Waals surface area contributed by atoms with E-state index in [4.69, 9.17) is 0 Å². The molecule has 0 N–H and O–H groups in total. The minimum Gasteiger partial charge on any atom is -0.294 e. The van der Waals surface area contributed by atoms with Crippen molar-refractivity contribution in [3.63, 3.8) is 0 Å². The smallest absolute Gasteiger partial charge is 0.282 e. The van der Waals surface area contributed by atoms with Gasteiger partial charge < -0.3 is 0 Å². The highest BCUT2D eigenvalue weighted by Gasteiger charge is 2.60. The predicted molar refractivity (Wildman–Crippen MR) is 96.9 cm³/mol. The summed E-state index contributed by atoms with van der Waals surface area (Å²) in [6.45, 7) is 5.66. The second-order valence-electron chi connectivity index (χ2n) is 7.61. The van der Waals surface area contributed by atoms with Crippen molar-refractivity contribution in [3.05, 3.63) is 53.6 Å². The topological polar surface area (TPSA) is 63.6 Å². The van der Waals surface area contributed by atoms with Crippen LogP contribution in [0.3, 0.4) is 0 Å². The molecule has 2 bridgehead atoms. The van der Waals surface area contributed by atoms with Crippen molar-refractivity contribution < 1.29 is 13.2 Å². The van der Waals surface area contributed by atoms with Gasteiger partial charge in [0.05, 0.1) is 10.6 Å². The summed E-state index contributed by atoms with van der Waals surface area (Å²) in [5.74, 6) is 0.306. The van der Waals surface area contributed by atoms with Crippen LogP contribution in [-0.2, 0) is 14.8 Å². The van der Waals surface area contributed by atoms with Gasteiger partial charge in [-0.25, -0.2) is 0 Å². The highest BCUT2D eigenvalue weighted by atomic mass is 32.2. The molecule has 4 nitrogen and oxygen atoms in total. The molecule has 25 heavy (non-hydrogen) atoms. The molecule has 130 valence electrons. The van der Waals surface area contributed by atoms with E-state index in [-0.39, 0.29) is 28.4 Å². The average Bonchev–Trinajstić information content (AvgIpc) is 3.13. The third-order valence-electron chi connectivity index (χ3n) is 6.08. The second kappa shape index (κ2) is 5.24. The monoisotopic (exact) mass is 355 g/mol. The minimum absolute atomic E-state index is 0.0959. The molecule has 4 rings (SSSR count). The first-order chi connectivity index (χ1) is 11.7. The first-order valence-corrected chi connectivity index (χ1v) is 10.0. The summed E-state index contributed by atoms with van der Waals surface area (Å²) in [4.78, 5) is 12.9. The molecule has 4 atom stereocenters. The van der Waals surface area contributed by atoms with Crippen LogP contribution in [0.15, 0.2) is 57.4 Å². The van der Waals surface area contributed by atoms with Gasteiger partial charge >= 0.3 is 0 Å². The summed E-state index contributed by atoms with van der Waals surface area (Å²) in [5.41, 5.74) is 1.65. The van der Waals surface area contributed by atoms with Crippen LogP contribution in [0, 0.1) is 30.1 Å². The van der Waals surface area contributed by atoms with Crippen LogP contribution in [-0.4, -0.2) is 19.9 Å². The number of rotatable bonds is 2. The molecule has 0 heterocycles. The highest BCUT2D eigenvalue weighted by molar-refractivity contribution is 7.90. The minimum atomic E-state index is -3.80. The lowest BCUT2D eigenvalue weighted by Crippen LogP contribution is -2.46. The normalized spacial score (nSPS) is 35.2. The van der Waals surface area contributed by atoms with Crippen molar-refractivity contribution >= 4 is 21.5 Å². The fourth-order valence-electron chi connectivity index (χ4n) is 4.61. The van der Waals surface area contributed by atoms with Gasteiger partial charge in [-0.05, 0) is 55.9 Å². The van der Waals surface area contributed by atoms with E-state index in [1.165, 1.54) is 0 Å². The van der Waals surface area contributed by atoms with Crippen LogP contribution < -0.4 is 0 Å². The van der Waals surface area contributed by atoms with Gasteiger partial charge in [0.2, 0.25) is 0 Å². The van der Waals surface area contributed by atoms with Gasteiger partial charge in [0.1, 0.15) is 0 Å². The standard InChI is InChI=1S/C20H21NO3S/c1-12-4-8-16(9-5-12)25(23,24)21-19-13(2)10-17(22)20(3)15-7-6-14(11-15)18(19)20/h4-10,14-15,18H,11H2,1-3H3/b21-19-/t14-,15+,18+,20-/m1/s1. The molecule has 1 aromatic carbocycles. The zero-order chi connectivity index (χ0) is 18.0. The summed E-state index contributed by atoms with van der Waals surface area (Å²) in [5, 5.41) is 0. The Morgan fingerprint density at radius 1 is 1.12 bits per heavy atom. The lowest BCUT2D eigenvalue weighted by atomic mass is 9.61. The summed E-state index contributed by atoms with van der Waals surface area (Å²) < 4.78 is 29.9. The molecular formula is C20H21NO3S. The van der Waals surface area contributed by atoms with E-state index in [0.717, 1.165) is 12.0 Å². The number of carbonyl (C=O) groups is 1. The fourth-order valence-corrected chi connectivity index (χ4v) is 5.71. The Labute approximate surface area is 148 Å². The molecule has 1 aromatic rings. The maximum absolute atomic E-state index is 12.8. The van der Waals surface area contributed by atoms with Crippen molar-refractivity contribution in [1.82, 2.24) is 0 Å². The molecule has 0 aliphatic heterocycles. The Bertz CT molecular complexity index is 953. The number of ketones is 1. The Morgan fingerprint density at radius 3 is 2.48 bits per heavy atom. The molecule has 0 amide bonds. The maximum atomic E-state index is 12.8. The van der Waals surface area contributed by atoms with Gasteiger partial charge in [-0.15, -0.1) is 0 Å². The molecule has 3 aliphatic rings. The van der Waals surface area contributed by atoms with Crippen LogP contribution in [0.4, 0.5) is 0 Å². The number of sulfonamides is 1. The molecule has 0 saturated heterocycles. The van der Waals surface area contributed by atoms with Gasteiger partial charge in [0.25, 0.3) is 10.0 Å². The molecule has 0 aromatic heterocycles. The zero-order valence-electron chi connectivity index (χ0n) is 14.6. The van der Waals surface area contributed by atoms with Gasteiger partial charge in [-0.1, -0.05) is 36.8 Å². The van der Waals surface area contributed by atoms with E-state index < -0.39 is 15.4 Å². The quantitative estimate of drug-likeness (QED) is 0.763. The number of hydrogen-bond donors (Lipinski definition) is 0. The molecule has 1 fully saturated rings. The van der Waals surface area contributed by atoms with Crippen LogP contribution >= 0.6 is 0 Å². The summed E-state index contributed by atoms with van der Waals surface area (Å²) in [6, 6.07) is 6.71. The van der Waals surface area contributed by atoms with Gasteiger partial charge in [-0.3, -0.25) is 4.79 Å². The lowest BCUT2D eigenvalue weighted by Gasteiger charge is -2.40. The predicted octanol–water partition coefficient (Wildman–Crippen LogP) is 3.48. The van der Waals surface area contributed by atoms with Crippen LogP contribution in [0.5, 0.6) is 0 Å². The zero-order valence-corrected chi connectivity index (χ0v) is 15.4. The Balaban J connectivity index is 1.85. The number of fused-ring (bicyclic) bond motifs is 5. The molecule has 5 heteroatoms. The molecule has 0 radical (unpaired) electrons. The molecule has 1 saturated carbocycles. The lowest BCUT2D eigenvalue weighted by molar-refractivity contribution is -0.125. The van der Waals surface area contributed by atoms with Gasteiger partial charge in [0.15, 0.2) is 5.78 Å². The number of carbonyl (C=O) groups excluding carboxylic acids is 1. The van der Waals surface area contributed by atoms with E-state index in [1.807, 2.05) is 13.8 Å². The molecule has 0 spiro atoms. The summed E-state index contributed by atoms with van der Waals surface area (Å²) in [6.07, 6.45) is 6.71. The van der Waals surface area contributed by atoms with Crippen LogP contribution in [0.25, 0.3) is 0 Å². The first kappa shape index (κ1) is 16.5. The van der Waals surface area contributed by atoms with Gasteiger partial charge in [0, 0.05) is 11.3 Å². The van der Waals surface area contributed by atoms with Crippen molar-refractivity contribution in [2.24, 2.45) is 27.6 Å². The van der Waals surface area contributed by atoms with Crippen LogP contribution in [0.2, 0.25) is 0 Å². The van der Waals surface area contributed by atoms with Gasteiger partial charge in [-0.2, -0.15) is 12.8 Å². The summed E-state index contributed by atoms with van der Waals surface area (Å²) >= 11 is 0.